The van der Waals surface area contributed by atoms with E-state index in [0.717, 1.165) is 51.0 Å². The molecule has 3 heterocycles. The summed E-state index contributed by atoms with van der Waals surface area (Å²) in [4.78, 5) is 25.5. The lowest BCUT2D eigenvalue weighted by molar-refractivity contribution is -0.142. The van der Waals surface area contributed by atoms with Crippen LogP contribution in [0.15, 0.2) is 12.3 Å². The van der Waals surface area contributed by atoms with Gasteiger partial charge in [0.2, 0.25) is 0 Å². The fourth-order valence-electron chi connectivity index (χ4n) is 3.77. The molecule has 2 saturated heterocycles. The van der Waals surface area contributed by atoms with Crippen molar-refractivity contribution in [3.05, 3.63) is 18.1 Å². The van der Waals surface area contributed by atoms with Gasteiger partial charge in [0.1, 0.15) is 17.7 Å². The fourth-order valence-corrected chi connectivity index (χ4v) is 3.77. The van der Waals surface area contributed by atoms with E-state index in [1.54, 1.807) is 12.3 Å². The van der Waals surface area contributed by atoms with Gasteiger partial charge in [-0.1, -0.05) is 0 Å². The smallest absolute Gasteiger partial charge is 0.251 e. The van der Waals surface area contributed by atoms with Gasteiger partial charge in [-0.3, -0.25) is 9.69 Å². The summed E-state index contributed by atoms with van der Waals surface area (Å²) in [5.74, 6) is 1.42. The highest BCUT2D eigenvalue weighted by atomic mass is 16.5. The molecule has 2 N–H and O–H groups in total. The van der Waals surface area contributed by atoms with Gasteiger partial charge in [-0.25, -0.2) is 9.97 Å². The summed E-state index contributed by atoms with van der Waals surface area (Å²) in [6.07, 6.45) is 6.56. The van der Waals surface area contributed by atoms with E-state index in [0.29, 0.717) is 18.4 Å². The lowest BCUT2D eigenvalue weighted by atomic mass is 10.1. The van der Waals surface area contributed by atoms with E-state index in [-0.39, 0.29) is 18.1 Å². The van der Waals surface area contributed by atoms with Gasteiger partial charge in [0.15, 0.2) is 0 Å². The summed E-state index contributed by atoms with van der Waals surface area (Å²) >= 11 is 0. The molecule has 1 amide bonds. The SMILES string of the molecule is C[C@@H]1CC[C@H](C(=O)N2CCC[C@@H](N(C)Cc3nccc(N)n3)CC2)O1. The molecule has 2 aliphatic heterocycles. The predicted octanol–water partition coefficient (Wildman–Crippen LogP) is 1.44. The first-order valence-corrected chi connectivity index (χ1v) is 9.25. The second-order valence-corrected chi connectivity index (χ2v) is 7.24. The molecule has 0 bridgehead atoms. The molecule has 0 saturated carbocycles. The maximum atomic E-state index is 12.7. The summed E-state index contributed by atoms with van der Waals surface area (Å²) in [6.45, 7) is 4.33. The molecule has 7 heteroatoms. The van der Waals surface area contributed by atoms with Crippen LogP contribution in [-0.4, -0.2) is 64.1 Å². The van der Waals surface area contributed by atoms with Gasteiger partial charge in [-0.05, 0) is 52.1 Å². The van der Waals surface area contributed by atoms with Crippen LogP contribution >= 0.6 is 0 Å². The number of aromatic nitrogens is 2. The molecule has 25 heavy (non-hydrogen) atoms. The molecule has 0 unspecified atom stereocenters. The Morgan fingerprint density at radius 1 is 1.36 bits per heavy atom. The number of hydrogen-bond donors (Lipinski definition) is 1. The quantitative estimate of drug-likeness (QED) is 0.887. The summed E-state index contributed by atoms with van der Waals surface area (Å²) in [5, 5.41) is 0. The fraction of sp³-hybridized carbons (Fsp3) is 0.722. The van der Waals surface area contributed by atoms with Crippen LogP contribution in [0.3, 0.4) is 0 Å². The van der Waals surface area contributed by atoms with E-state index in [9.17, 15) is 4.79 Å². The number of carbonyl (C=O) groups is 1. The van der Waals surface area contributed by atoms with Gasteiger partial charge in [-0.2, -0.15) is 0 Å². The molecule has 1 aromatic rings. The third-order valence-electron chi connectivity index (χ3n) is 5.26. The number of nitrogen functional groups attached to an aromatic ring is 1. The van der Waals surface area contributed by atoms with Crippen molar-refractivity contribution in [3.8, 4) is 0 Å². The lowest BCUT2D eigenvalue weighted by Crippen LogP contribution is -2.40. The molecule has 3 atom stereocenters. The maximum absolute atomic E-state index is 12.7. The summed E-state index contributed by atoms with van der Waals surface area (Å²) < 4.78 is 5.75. The van der Waals surface area contributed by atoms with Crippen LogP contribution < -0.4 is 5.73 Å². The minimum absolute atomic E-state index is 0.173. The van der Waals surface area contributed by atoms with E-state index in [1.807, 2.05) is 11.8 Å². The molecule has 0 spiro atoms. The number of likely N-dealkylation sites (tertiary alicyclic amines) is 1. The first-order valence-electron chi connectivity index (χ1n) is 9.25. The van der Waals surface area contributed by atoms with Crippen molar-refractivity contribution in [2.24, 2.45) is 0 Å². The minimum Gasteiger partial charge on any atom is -0.384 e. The zero-order valence-electron chi connectivity index (χ0n) is 15.2. The highest BCUT2D eigenvalue weighted by Gasteiger charge is 2.33. The second-order valence-electron chi connectivity index (χ2n) is 7.24. The second kappa shape index (κ2) is 8.10. The molecular weight excluding hydrogens is 318 g/mol. The third kappa shape index (κ3) is 4.67. The normalized spacial score (nSPS) is 27.5. The molecule has 0 aromatic carbocycles. The Kier molecular flexibility index (Phi) is 5.86. The number of hydrogen-bond acceptors (Lipinski definition) is 6. The molecule has 0 aliphatic carbocycles. The van der Waals surface area contributed by atoms with Crippen LogP contribution in [0.5, 0.6) is 0 Å². The maximum Gasteiger partial charge on any atom is 0.251 e. The van der Waals surface area contributed by atoms with Crippen molar-refractivity contribution in [1.82, 2.24) is 19.8 Å². The standard InChI is InChI=1S/C18H29N5O2/c1-13-5-6-15(25-13)18(24)23-10-3-4-14(8-11-23)22(2)12-17-20-9-7-16(19)21-17/h7,9,13-15H,3-6,8,10-12H2,1-2H3,(H2,19,20,21)/t13-,14-,15-/m1/s1. The molecular formula is C18H29N5O2. The van der Waals surface area contributed by atoms with E-state index in [4.69, 9.17) is 10.5 Å². The van der Waals surface area contributed by atoms with Crippen LogP contribution in [-0.2, 0) is 16.1 Å². The van der Waals surface area contributed by atoms with Crippen LogP contribution in [0.25, 0.3) is 0 Å². The molecule has 2 fully saturated rings. The number of carbonyl (C=O) groups excluding carboxylic acids is 1. The van der Waals surface area contributed by atoms with Gasteiger partial charge in [0.05, 0.1) is 12.6 Å². The Morgan fingerprint density at radius 2 is 2.20 bits per heavy atom. The average molecular weight is 347 g/mol. The van der Waals surface area contributed by atoms with E-state index in [1.165, 1.54) is 0 Å². The molecule has 7 nitrogen and oxygen atoms in total. The van der Waals surface area contributed by atoms with Crippen LogP contribution in [0, 0.1) is 0 Å². The van der Waals surface area contributed by atoms with Gasteiger partial charge in [0, 0.05) is 25.3 Å². The number of nitrogens with zero attached hydrogens (tertiary/aromatic N) is 4. The summed E-state index contributed by atoms with van der Waals surface area (Å²) in [6, 6.07) is 2.12. The average Bonchev–Trinajstić information content (AvgIpc) is 2.87. The number of anilines is 1. The predicted molar refractivity (Wildman–Crippen MR) is 95.7 cm³/mol. The zero-order chi connectivity index (χ0) is 17.8. The number of rotatable bonds is 4. The summed E-state index contributed by atoms with van der Waals surface area (Å²) in [7, 11) is 2.09. The van der Waals surface area contributed by atoms with E-state index in [2.05, 4.69) is 21.9 Å². The topological polar surface area (TPSA) is 84.6 Å². The van der Waals surface area contributed by atoms with Crippen molar-refractivity contribution in [2.45, 2.75) is 63.8 Å². The number of nitrogens with two attached hydrogens (primary N) is 1. The first-order chi connectivity index (χ1) is 12.0. The zero-order valence-corrected chi connectivity index (χ0v) is 15.2. The first kappa shape index (κ1) is 18.1. The highest BCUT2D eigenvalue weighted by molar-refractivity contribution is 5.81. The summed E-state index contributed by atoms with van der Waals surface area (Å²) in [5.41, 5.74) is 5.73. The van der Waals surface area contributed by atoms with E-state index >= 15 is 0 Å². The highest BCUT2D eigenvalue weighted by Crippen LogP contribution is 2.23. The van der Waals surface area contributed by atoms with Crippen molar-refractivity contribution < 1.29 is 9.53 Å². The Balaban J connectivity index is 1.53. The third-order valence-corrected chi connectivity index (χ3v) is 5.26. The number of amides is 1. The molecule has 3 rings (SSSR count). The molecule has 2 aliphatic rings. The Morgan fingerprint density at radius 3 is 2.92 bits per heavy atom. The van der Waals surface area contributed by atoms with Crippen molar-refractivity contribution in [1.29, 1.82) is 0 Å². The van der Waals surface area contributed by atoms with Crippen molar-refractivity contribution in [2.75, 3.05) is 25.9 Å². The molecule has 0 radical (unpaired) electrons. The lowest BCUT2D eigenvalue weighted by Gasteiger charge is -2.27. The van der Waals surface area contributed by atoms with Crippen LogP contribution in [0.1, 0.15) is 44.9 Å². The van der Waals surface area contributed by atoms with Gasteiger partial charge < -0.3 is 15.4 Å². The van der Waals surface area contributed by atoms with Crippen LogP contribution in [0.4, 0.5) is 5.82 Å². The van der Waals surface area contributed by atoms with Crippen molar-refractivity contribution in [3.63, 3.8) is 0 Å². The van der Waals surface area contributed by atoms with Crippen LogP contribution in [0.2, 0.25) is 0 Å². The van der Waals surface area contributed by atoms with E-state index < -0.39 is 0 Å². The largest absolute Gasteiger partial charge is 0.384 e. The monoisotopic (exact) mass is 347 g/mol. The minimum atomic E-state index is -0.232. The number of ether oxygens (including phenoxy) is 1. The van der Waals surface area contributed by atoms with Gasteiger partial charge in [0.25, 0.3) is 5.91 Å². The Hall–Kier alpha value is -1.73. The van der Waals surface area contributed by atoms with Gasteiger partial charge in [-0.15, -0.1) is 0 Å². The van der Waals surface area contributed by atoms with Crippen molar-refractivity contribution >= 4 is 11.7 Å². The molecule has 1 aromatic heterocycles. The van der Waals surface area contributed by atoms with Gasteiger partial charge >= 0.3 is 0 Å². The molecule has 138 valence electrons. The Labute approximate surface area is 149 Å². The Bertz CT molecular complexity index is 597.